The summed E-state index contributed by atoms with van der Waals surface area (Å²) in [6.45, 7) is 0.336. The lowest BCUT2D eigenvalue weighted by Gasteiger charge is -2.21. The van der Waals surface area contributed by atoms with E-state index < -0.39 is 32.1 Å². The van der Waals surface area contributed by atoms with Crippen LogP contribution in [0.2, 0.25) is 0 Å². The summed E-state index contributed by atoms with van der Waals surface area (Å²) in [6, 6.07) is 9.77. The highest BCUT2D eigenvalue weighted by molar-refractivity contribution is 7.93. The summed E-state index contributed by atoms with van der Waals surface area (Å²) in [6.07, 6.45) is 8.29. The first-order valence-corrected chi connectivity index (χ1v) is 15.6. The number of amides is 2. The van der Waals surface area contributed by atoms with Crippen molar-refractivity contribution in [3.05, 3.63) is 75.7 Å². The highest BCUT2D eigenvalue weighted by Crippen LogP contribution is 2.38. The zero-order valence-corrected chi connectivity index (χ0v) is 21.7. The van der Waals surface area contributed by atoms with Crippen LogP contribution in [0.4, 0.5) is 10.5 Å². The Morgan fingerprint density at radius 1 is 0.944 bits per heavy atom. The van der Waals surface area contributed by atoms with Gasteiger partial charge in [0.05, 0.1) is 5.75 Å². The van der Waals surface area contributed by atoms with Crippen LogP contribution in [0.3, 0.4) is 0 Å². The Labute approximate surface area is 212 Å². The van der Waals surface area contributed by atoms with Gasteiger partial charge in [-0.1, -0.05) is 42.5 Å². The first-order chi connectivity index (χ1) is 17.2. The molecule has 0 aromatic heterocycles. The molecule has 2 aromatic carbocycles. The number of hydrogen-bond donors (Lipinski definition) is 2. The Morgan fingerprint density at radius 2 is 1.61 bits per heavy atom. The fourth-order valence-electron chi connectivity index (χ4n) is 5.63. The standard InChI is InChI=1S/C26H31N3O5S2/c30-26(27-25-23-12-4-9-20(23)17-21-10-5-13-24(21)25)28-35(31,32)16-14-22-11-6-15-29(22)36(33,34)18-19-7-2-1-3-8-19/h1-3,7-8,14,16-17,22H,4-6,9-13,15,18H2,(H2,27,28,30)/b16-14+/t22-/m0/s1. The summed E-state index contributed by atoms with van der Waals surface area (Å²) >= 11 is 0. The van der Waals surface area contributed by atoms with Crippen molar-refractivity contribution in [2.75, 3.05) is 11.9 Å². The van der Waals surface area contributed by atoms with Crippen LogP contribution in [-0.2, 0) is 51.5 Å². The summed E-state index contributed by atoms with van der Waals surface area (Å²) in [5.41, 5.74) is 6.16. The van der Waals surface area contributed by atoms with E-state index in [1.165, 1.54) is 21.5 Å². The number of anilines is 1. The number of carbonyl (C=O) groups is 1. The van der Waals surface area contributed by atoms with Crippen molar-refractivity contribution in [3.8, 4) is 0 Å². The highest BCUT2D eigenvalue weighted by Gasteiger charge is 2.33. The van der Waals surface area contributed by atoms with Crippen LogP contribution in [-0.4, -0.2) is 39.8 Å². The number of carbonyl (C=O) groups excluding carboxylic acids is 1. The maximum Gasteiger partial charge on any atom is 0.333 e. The molecule has 3 aliphatic rings. The van der Waals surface area contributed by atoms with E-state index in [4.69, 9.17) is 0 Å². The van der Waals surface area contributed by atoms with Crippen LogP contribution in [0.25, 0.3) is 0 Å². The number of urea groups is 1. The van der Waals surface area contributed by atoms with Crippen molar-refractivity contribution >= 4 is 31.8 Å². The van der Waals surface area contributed by atoms with Crippen molar-refractivity contribution < 1.29 is 21.6 Å². The minimum Gasteiger partial charge on any atom is -0.307 e. The molecule has 36 heavy (non-hydrogen) atoms. The number of nitrogens with zero attached hydrogens (tertiary/aromatic N) is 1. The first-order valence-electron chi connectivity index (χ1n) is 12.4. The van der Waals surface area contributed by atoms with Gasteiger partial charge >= 0.3 is 6.03 Å². The minimum absolute atomic E-state index is 0.142. The molecule has 0 spiro atoms. The largest absolute Gasteiger partial charge is 0.333 e. The highest BCUT2D eigenvalue weighted by atomic mass is 32.2. The van der Waals surface area contributed by atoms with Crippen molar-refractivity contribution in [3.63, 3.8) is 0 Å². The summed E-state index contributed by atoms with van der Waals surface area (Å²) in [7, 11) is -7.73. The number of rotatable bonds is 7. The maximum atomic E-state index is 13.0. The van der Waals surface area contributed by atoms with Crippen LogP contribution >= 0.6 is 0 Å². The monoisotopic (exact) mass is 529 g/mol. The molecular weight excluding hydrogens is 498 g/mol. The molecule has 0 saturated carbocycles. The van der Waals surface area contributed by atoms with Crippen molar-refractivity contribution in [2.24, 2.45) is 0 Å². The smallest absolute Gasteiger partial charge is 0.307 e. The quantitative estimate of drug-likeness (QED) is 0.569. The number of fused-ring (bicyclic) bond motifs is 2. The first kappa shape index (κ1) is 25.0. The van der Waals surface area contributed by atoms with E-state index in [1.54, 1.807) is 24.3 Å². The normalized spacial score (nSPS) is 19.9. The second-order valence-corrected chi connectivity index (χ2v) is 13.2. The number of aryl methyl sites for hydroxylation is 2. The lowest BCUT2D eigenvalue weighted by Crippen LogP contribution is -2.36. The van der Waals surface area contributed by atoms with Crippen LogP contribution in [0.15, 0.2) is 47.9 Å². The van der Waals surface area contributed by atoms with Crippen LogP contribution in [0.5, 0.6) is 0 Å². The minimum atomic E-state index is -4.11. The Morgan fingerprint density at radius 3 is 2.28 bits per heavy atom. The lowest BCUT2D eigenvalue weighted by molar-refractivity contribution is 0.256. The van der Waals surface area contributed by atoms with Gasteiger partial charge in [0.25, 0.3) is 10.0 Å². The molecule has 0 radical (unpaired) electrons. The van der Waals surface area contributed by atoms with E-state index >= 15 is 0 Å². The Kier molecular flexibility index (Phi) is 6.93. The number of nitrogens with one attached hydrogen (secondary N) is 2. The zero-order chi connectivity index (χ0) is 25.3. The van der Waals surface area contributed by atoms with Crippen molar-refractivity contribution in [1.82, 2.24) is 9.03 Å². The zero-order valence-electron chi connectivity index (χ0n) is 20.1. The van der Waals surface area contributed by atoms with Gasteiger partial charge in [0.2, 0.25) is 10.0 Å². The second-order valence-electron chi connectivity index (χ2n) is 9.73. The Balaban J connectivity index is 1.26. The SMILES string of the molecule is O=C(Nc1c2c(cc3c1CCC3)CCC2)NS(=O)(=O)/C=C/[C@@H]1CCCN1S(=O)(=O)Cc1ccccc1. The molecule has 2 aliphatic carbocycles. The third-order valence-corrected chi connectivity index (χ3v) is 10.1. The molecule has 2 aromatic rings. The van der Waals surface area contributed by atoms with Gasteiger partial charge in [-0.05, 0) is 79.2 Å². The predicted molar refractivity (Wildman–Crippen MR) is 139 cm³/mol. The fourth-order valence-corrected chi connectivity index (χ4v) is 8.18. The van der Waals surface area contributed by atoms with Gasteiger partial charge in [-0.3, -0.25) is 0 Å². The van der Waals surface area contributed by atoms with Gasteiger partial charge < -0.3 is 5.32 Å². The van der Waals surface area contributed by atoms with Crippen LogP contribution < -0.4 is 10.0 Å². The lowest BCUT2D eigenvalue weighted by atomic mass is 9.99. The topological polar surface area (TPSA) is 113 Å². The van der Waals surface area contributed by atoms with Gasteiger partial charge in [-0.25, -0.2) is 26.4 Å². The van der Waals surface area contributed by atoms with E-state index in [0.717, 1.165) is 60.7 Å². The molecule has 5 rings (SSSR count). The van der Waals surface area contributed by atoms with E-state index in [1.807, 2.05) is 6.07 Å². The molecule has 2 N–H and O–H groups in total. The fraction of sp³-hybridized carbons (Fsp3) is 0.423. The average Bonchev–Trinajstić information content (AvgIpc) is 3.58. The van der Waals surface area contributed by atoms with Crippen LogP contribution in [0, 0.1) is 0 Å². The van der Waals surface area contributed by atoms with Gasteiger partial charge in [0, 0.05) is 23.7 Å². The second kappa shape index (κ2) is 9.99. The molecule has 8 nitrogen and oxygen atoms in total. The summed E-state index contributed by atoms with van der Waals surface area (Å²) in [4.78, 5) is 12.7. The van der Waals surface area contributed by atoms with Crippen LogP contribution in [0.1, 0.15) is 53.5 Å². The Hall–Kier alpha value is -2.69. The van der Waals surface area contributed by atoms with Crippen molar-refractivity contribution in [2.45, 2.75) is 63.2 Å². The van der Waals surface area contributed by atoms with E-state index in [9.17, 15) is 21.6 Å². The predicted octanol–water partition coefficient (Wildman–Crippen LogP) is 3.62. The molecule has 0 bridgehead atoms. The molecular formula is C26H31N3O5S2. The molecule has 1 fully saturated rings. The van der Waals surface area contributed by atoms with Gasteiger partial charge in [-0.2, -0.15) is 4.31 Å². The van der Waals surface area contributed by atoms with E-state index in [-0.39, 0.29) is 5.75 Å². The van der Waals surface area contributed by atoms with E-state index in [0.29, 0.717) is 24.9 Å². The van der Waals surface area contributed by atoms with Gasteiger partial charge in [0.15, 0.2) is 0 Å². The molecule has 2 amide bonds. The molecule has 10 heteroatoms. The summed E-state index contributed by atoms with van der Waals surface area (Å²) in [5, 5.41) is 3.73. The summed E-state index contributed by atoms with van der Waals surface area (Å²) < 4.78 is 54.7. The molecule has 1 heterocycles. The van der Waals surface area contributed by atoms with Crippen molar-refractivity contribution in [1.29, 1.82) is 0 Å². The third-order valence-electron chi connectivity index (χ3n) is 7.22. The maximum absolute atomic E-state index is 13.0. The number of benzene rings is 2. The average molecular weight is 530 g/mol. The molecule has 192 valence electrons. The number of hydrogen-bond acceptors (Lipinski definition) is 5. The molecule has 1 aliphatic heterocycles. The van der Waals surface area contributed by atoms with Gasteiger partial charge in [0.1, 0.15) is 0 Å². The molecule has 1 saturated heterocycles. The summed E-state index contributed by atoms with van der Waals surface area (Å²) in [5.74, 6) is -0.142. The van der Waals surface area contributed by atoms with Gasteiger partial charge in [-0.15, -0.1) is 0 Å². The molecule has 1 atom stereocenters. The Bertz CT molecular complexity index is 1370. The third kappa shape index (κ3) is 5.35. The van der Waals surface area contributed by atoms with E-state index in [2.05, 4.69) is 16.1 Å². The number of sulfonamides is 2. The molecule has 0 unspecified atom stereocenters.